The van der Waals surface area contributed by atoms with Crippen molar-refractivity contribution in [2.45, 2.75) is 36.8 Å². The lowest BCUT2D eigenvalue weighted by atomic mass is 9.84. The van der Waals surface area contributed by atoms with Gasteiger partial charge in [-0.3, -0.25) is 9.59 Å². The number of amides is 1. The summed E-state index contributed by atoms with van der Waals surface area (Å²) < 4.78 is 35.5. The molecular formula is C20H21N3O5S. The van der Waals surface area contributed by atoms with Crippen molar-refractivity contribution < 1.29 is 17.9 Å². The van der Waals surface area contributed by atoms with Crippen molar-refractivity contribution in [3.63, 3.8) is 0 Å². The van der Waals surface area contributed by atoms with Crippen LogP contribution in [0.4, 0.5) is 5.69 Å². The van der Waals surface area contributed by atoms with Crippen LogP contribution in [0.25, 0.3) is 0 Å². The Morgan fingerprint density at radius 1 is 1.10 bits per heavy atom. The first-order valence-corrected chi connectivity index (χ1v) is 11.1. The smallest absolute Gasteiger partial charge is 0.265 e. The predicted molar refractivity (Wildman–Crippen MR) is 105 cm³/mol. The molecule has 9 heteroatoms. The number of benzene rings is 1. The van der Waals surface area contributed by atoms with Crippen molar-refractivity contribution >= 4 is 21.6 Å². The lowest BCUT2D eigenvalue weighted by Gasteiger charge is -2.42. The van der Waals surface area contributed by atoms with Crippen LogP contribution < -0.4 is 15.6 Å². The average Bonchev–Trinajstić information content (AvgIpc) is 2.69. The maximum Gasteiger partial charge on any atom is 0.265 e. The Kier molecular flexibility index (Phi) is 4.08. The number of hydrogen-bond acceptors (Lipinski definition) is 5. The van der Waals surface area contributed by atoms with E-state index in [2.05, 4.69) is 5.32 Å². The molecule has 5 rings (SSSR count). The molecule has 0 radical (unpaired) electrons. The highest BCUT2D eigenvalue weighted by molar-refractivity contribution is 7.89. The van der Waals surface area contributed by atoms with Gasteiger partial charge < -0.3 is 14.6 Å². The minimum Gasteiger partial charge on any atom is -0.479 e. The van der Waals surface area contributed by atoms with E-state index in [-0.39, 0.29) is 28.2 Å². The van der Waals surface area contributed by atoms with Gasteiger partial charge in [-0.25, -0.2) is 8.42 Å². The molecular weight excluding hydrogens is 394 g/mol. The van der Waals surface area contributed by atoms with E-state index in [0.29, 0.717) is 31.1 Å². The summed E-state index contributed by atoms with van der Waals surface area (Å²) in [6.45, 7) is 2.87. The number of carbonyl (C=O) groups excluding carboxylic acids is 1. The van der Waals surface area contributed by atoms with Gasteiger partial charge in [-0.15, -0.1) is 0 Å². The zero-order valence-electron chi connectivity index (χ0n) is 15.9. The molecule has 8 nitrogen and oxygen atoms in total. The van der Waals surface area contributed by atoms with Gasteiger partial charge in [0, 0.05) is 37.3 Å². The van der Waals surface area contributed by atoms with Crippen LogP contribution in [0.5, 0.6) is 5.75 Å². The largest absolute Gasteiger partial charge is 0.479 e. The van der Waals surface area contributed by atoms with Crippen LogP contribution in [0.15, 0.2) is 46.1 Å². The van der Waals surface area contributed by atoms with E-state index in [1.165, 1.54) is 16.4 Å². The third kappa shape index (κ3) is 2.96. The molecule has 0 saturated carbocycles. The fourth-order valence-corrected chi connectivity index (χ4v) is 6.13. The van der Waals surface area contributed by atoms with Crippen molar-refractivity contribution in [3.05, 3.63) is 52.4 Å². The molecule has 3 atom stereocenters. The maximum atomic E-state index is 13.3. The van der Waals surface area contributed by atoms with Gasteiger partial charge >= 0.3 is 0 Å². The Hall–Kier alpha value is -2.65. The zero-order chi connectivity index (χ0) is 20.3. The summed E-state index contributed by atoms with van der Waals surface area (Å²) in [5, 5.41) is 2.70. The second-order valence-electron chi connectivity index (χ2n) is 7.93. The van der Waals surface area contributed by atoms with Gasteiger partial charge in [0.2, 0.25) is 10.0 Å². The van der Waals surface area contributed by atoms with Gasteiger partial charge in [0.25, 0.3) is 11.5 Å². The predicted octanol–water partition coefficient (Wildman–Crippen LogP) is 1.38. The fourth-order valence-electron chi connectivity index (χ4n) is 4.55. The number of piperidine rings is 1. The quantitative estimate of drug-likeness (QED) is 0.799. The average molecular weight is 415 g/mol. The number of fused-ring (bicyclic) bond motifs is 5. The molecule has 1 aromatic carbocycles. The Labute approximate surface area is 168 Å². The number of nitrogens with zero attached hydrogens (tertiary/aromatic N) is 2. The molecule has 0 aliphatic carbocycles. The lowest BCUT2D eigenvalue weighted by molar-refractivity contribution is -0.122. The molecule has 3 aliphatic heterocycles. The summed E-state index contributed by atoms with van der Waals surface area (Å²) in [6, 6.07) is 9.74. The van der Waals surface area contributed by atoms with Crippen molar-refractivity contribution in [2.24, 2.45) is 5.92 Å². The van der Waals surface area contributed by atoms with Gasteiger partial charge in [-0.1, -0.05) is 6.07 Å². The number of anilines is 1. The molecule has 3 aliphatic rings. The minimum absolute atomic E-state index is 0.00677. The molecule has 1 aromatic heterocycles. The number of sulfonamides is 1. The first kappa shape index (κ1) is 18.4. The highest BCUT2D eigenvalue weighted by Crippen LogP contribution is 2.38. The third-order valence-corrected chi connectivity index (χ3v) is 7.79. The second kappa shape index (κ2) is 6.43. The van der Waals surface area contributed by atoms with Crippen LogP contribution in [-0.4, -0.2) is 42.4 Å². The summed E-state index contributed by atoms with van der Waals surface area (Å²) in [4.78, 5) is 24.2. The molecule has 1 N–H and O–H groups in total. The van der Waals surface area contributed by atoms with Gasteiger partial charge in [0.05, 0.1) is 10.6 Å². The van der Waals surface area contributed by atoms with Crippen molar-refractivity contribution in [2.75, 3.05) is 18.4 Å². The summed E-state index contributed by atoms with van der Waals surface area (Å²) >= 11 is 0. The first-order valence-electron chi connectivity index (χ1n) is 9.64. The minimum atomic E-state index is -3.74. The Morgan fingerprint density at radius 2 is 1.93 bits per heavy atom. The Bertz CT molecular complexity index is 1170. The van der Waals surface area contributed by atoms with E-state index in [1.54, 1.807) is 29.7 Å². The molecule has 0 spiro atoms. The van der Waals surface area contributed by atoms with Gasteiger partial charge in [0.1, 0.15) is 5.75 Å². The molecule has 29 heavy (non-hydrogen) atoms. The van der Waals surface area contributed by atoms with Gasteiger partial charge in [-0.2, -0.15) is 4.31 Å². The highest BCUT2D eigenvalue weighted by Gasteiger charge is 2.39. The van der Waals surface area contributed by atoms with E-state index in [1.807, 2.05) is 6.07 Å². The summed E-state index contributed by atoms with van der Waals surface area (Å²) in [5.41, 5.74) is 1.23. The van der Waals surface area contributed by atoms with Crippen LogP contribution in [0.1, 0.15) is 25.0 Å². The zero-order valence-corrected chi connectivity index (χ0v) is 16.7. The topological polar surface area (TPSA) is 97.7 Å². The van der Waals surface area contributed by atoms with Gasteiger partial charge in [-0.05, 0) is 43.5 Å². The molecule has 1 saturated heterocycles. The Balaban J connectivity index is 1.47. The van der Waals surface area contributed by atoms with Crippen molar-refractivity contribution in [1.29, 1.82) is 0 Å². The summed E-state index contributed by atoms with van der Waals surface area (Å²) in [6.07, 6.45) is 0.261. The van der Waals surface area contributed by atoms with E-state index in [0.717, 1.165) is 12.1 Å². The van der Waals surface area contributed by atoms with E-state index in [9.17, 15) is 18.0 Å². The summed E-state index contributed by atoms with van der Waals surface area (Å²) in [7, 11) is -3.74. The van der Waals surface area contributed by atoms with E-state index in [4.69, 9.17) is 4.74 Å². The molecule has 152 valence electrons. The molecule has 4 heterocycles. The van der Waals surface area contributed by atoms with Crippen LogP contribution in [-0.2, 0) is 21.4 Å². The van der Waals surface area contributed by atoms with Crippen LogP contribution in [0.2, 0.25) is 0 Å². The molecule has 2 bridgehead atoms. The Morgan fingerprint density at radius 3 is 2.76 bits per heavy atom. The van der Waals surface area contributed by atoms with Crippen molar-refractivity contribution in [3.8, 4) is 5.75 Å². The van der Waals surface area contributed by atoms with E-state index < -0.39 is 16.1 Å². The maximum absolute atomic E-state index is 13.3. The SMILES string of the molecule is C[C@H]1Oc2ccc(S(=O)(=O)N3C[C@H]4C[C@@H](C3)c3cccc(=O)n3C4)cc2NC1=O. The number of pyridine rings is 1. The molecule has 1 fully saturated rings. The highest BCUT2D eigenvalue weighted by atomic mass is 32.2. The fraction of sp³-hybridized carbons (Fsp3) is 0.400. The standard InChI is InChI=1S/C20H21N3O5S/c1-12-20(25)21-16-8-15(5-6-18(16)28-12)29(26,27)22-9-13-7-14(11-22)17-3-2-4-19(24)23(17)10-13/h2-6,8,12-14H,7,9-11H2,1H3,(H,21,25)/t12-,13-,14+/m1/s1. The number of carbonyl (C=O) groups is 1. The normalized spacial score (nSPS) is 26.1. The van der Waals surface area contributed by atoms with Gasteiger partial charge in [0.15, 0.2) is 6.10 Å². The number of ether oxygens (including phenoxy) is 1. The van der Waals surface area contributed by atoms with Crippen LogP contribution in [0, 0.1) is 5.92 Å². The number of rotatable bonds is 2. The molecule has 0 unspecified atom stereocenters. The lowest BCUT2D eigenvalue weighted by Crippen LogP contribution is -2.49. The first-order chi connectivity index (χ1) is 13.8. The van der Waals surface area contributed by atoms with Crippen LogP contribution >= 0.6 is 0 Å². The number of aromatic nitrogens is 1. The number of nitrogens with one attached hydrogen (secondary N) is 1. The monoisotopic (exact) mass is 415 g/mol. The van der Waals surface area contributed by atoms with Crippen LogP contribution in [0.3, 0.4) is 0 Å². The molecule has 2 aromatic rings. The second-order valence-corrected chi connectivity index (χ2v) is 9.87. The van der Waals surface area contributed by atoms with E-state index >= 15 is 0 Å². The molecule has 1 amide bonds. The summed E-state index contributed by atoms with van der Waals surface area (Å²) in [5.74, 6) is 0.242. The van der Waals surface area contributed by atoms with Crippen molar-refractivity contribution in [1.82, 2.24) is 8.87 Å². The third-order valence-electron chi connectivity index (χ3n) is 5.97. The number of hydrogen-bond donors (Lipinski definition) is 1.